The van der Waals surface area contributed by atoms with E-state index in [1.165, 1.54) is 10.5 Å². The molecule has 0 bridgehead atoms. The molecule has 0 saturated carbocycles. The third-order valence-corrected chi connectivity index (χ3v) is 3.40. The van der Waals surface area contributed by atoms with Crippen molar-refractivity contribution in [2.24, 2.45) is 0 Å². The van der Waals surface area contributed by atoms with E-state index < -0.39 is 0 Å². The van der Waals surface area contributed by atoms with Gasteiger partial charge in [0.1, 0.15) is 6.54 Å². The number of carbonyl (C=O) groups is 1. The number of ether oxygens (including phenoxy) is 2. The number of benzene rings is 2. The first-order valence-corrected chi connectivity index (χ1v) is 7.21. The lowest BCUT2D eigenvalue weighted by molar-refractivity contribution is -0.872. The van der Waals surface area contributed by atoms with Crippen molar-refractivity contribution in [3.63, 3.8) is 0 Å². The smallest absolute Gasteiger partial charge is 0.255 e. The van der Waals surface area contributed by atoms with Gasteiger partial charge < -0.3 is 19.7 Å². The molecule has 3 rings (SSSR count). The molecule has 2 aromatic carbocycles. The summed E-state index contributed by atoms with van der Waals surface area (Å²) in [6.07, 6.45) is 0. The second-order valence-corrected chi connectivity index (χ2v) is 5.60. The fraction of sp³-hybridized carbons (Fsp3) is 0.235. The van der Waals surface area contributed by atoms with Crippen molar-refractivity contribution in [1.82, 2.24) is 0 Å². The lowest BCUT2D eigenvalue weighted by Crippen LogP contribution is -3.04. The molecule has 0 spiro atoms. The Morgan fingerprint density at radius 3 is 2.55 bits per heavy atom. The normalized spacial score (nSPS) is 12.5. The van der Waals surface area contributed by atoms with E-state index in [1.807, 2.05) is 24.3 Å². The molecule has 1 aliphatic heterocycles. The number of hydrogen-bond acceptors (Lipinski definition) is 3. The minimum absolute atomic E-state index is 0.136. The Labute approximate surface area is 129 Å². The summed E-state index contributed by atoms with van der Waals surface area (Å²) in [5.74, 6) is 1.22. The number of rotatable bonds is 4. The Kier molecular flexibility index (Phi) is 3.98. The molecule has 114 valence electrons. The van der Waals surface area contributed by atoms with Crippen molar-refractivity contribution in [2.45, 2.75) is 6.54 Å². The van der Waals surface area contributed by atoms with E-state index in [-0.39, 0.29) is 12.7 Å². The Balaban J connectivity index is 1.69. The van der Waals surface area contributed by atoms with Crippen LogP contribution in [0.4, 0.5) is 5.69 Å². The summed E-state index contributed by atoms with van der Waals surface area (Å²) in [6, 6.07) is 13.0. The molecule has 22 heavy (non-hydrogen) atoms. The van der Waals surface area contributed by atoms with Gasteiger partial charge in [0, 0.05) is 22.9 Å². The van der Waals surface area contributed by atoms with Crippen LogP contribution >= 0.6 is 0 Å². The topological polar surface area (TPSA) is 52.0 Å². The summed E-state index contributed by atoms with van der Waals surface area (Å²) in [6.45, 7) is 1.16. The zero-order valence-corrected chi connectivity index (χ0v) is 12.7. The van der Waals surface area contributed by atoms with Crippen LogP contribution in [0.15, 0.2) is 42.5 Å². The van der Waals surface area contributed by atoms with Crippen molar-refractivity contribution < 1.29 is 19.2 Å². The monoisotopic (exact) mass is 299 g/mol. The van der Waals surface area contributed by atoms with Crippen LogP contribution in [0, 0.1) is 0 Å². The SMILES string of the molecule is C[NH+](C)Cc1ccc(C(=O)Nc2ccc3c(c2)OCO3)cc1. The van der Waals surface area contributed by atoms with Crippen LogP contribution in [-0.2, 0) is 6.54 Å². The molecule has 0 aromatic heterocycles. The van der Waals surface area contributed by atoms with Crippen LogP contribution in [0.5, 0.6) is 11.5 Å². The summed E-state index contributed by atoms with van der Waals surface area (Å²) in [7, 11) is 4.19. The fourth-order valence-corrected chi connectivity index (χ4v) is 2.36. The molecule has 0 aliphatic carbocycles. The van der Waals surface area contributed by atoms with Gasteiger partial charge in [-0.3, -0.25) is 4.79 Å². The van der Waals surface area contributed by atoms with Gasteiger partial charge in [-0.1, -0.05) is 12.1 Å². The Morgan fingerprint density at radius 2 is 1.82 bits per heavy atom. The van der Waals surface area contributed by atoms with Crippen LogP contribution in [0.3, 0.4) is 0 Å². The number of carbonyl (C=O) groups excluding carboxylic acids is 1. The fourth-order valence-electron chi connectivity index (χ4n) is 2.36. The molecule has 5 heteroatoms. The van der Waals surface area contributed by atoms with Crippen LogP contribution in [0.2, 0.25) is 0 Å². The van der Waals surface area contributed by atoms with Crippen molar-refractivity contribution in [1.29, 1.82) is 0 Å². The molecule has 5 nitrogen and oxygen atoms in total. The lowest BCUT2D eigenvalue weighted by atomic mass is 10.1. The molecule has 2 aromatic rings. The molecule has 0 radical (unpaired) electrons. The van der Waals surface area contributed by atoms with Gasteiger partial charge in [-0.2, -0.15) is 0 Å². The highest BCUT2D eigenvalue weighted by Gasteiger charge is 2.14. The number of hydrogen-bond donors (Lipinski definition) is 2. The molecular weight excluding hydrogens is 280 g/mol. The second kappa shape index (κ2) is 6.07. The number of nitrogens with one attached hydrogen (secondary N) is 2. The third kappa shape index (κ3) is 3.20. The average Bonchev–Trinajstić information content (AvgIpc) is 2.95. The van der Waals surface area contributed by atoms with Gasteiger partial charge in [0.15, 0.2) is 11.5 Å². The van der Waals surface area contributed by atoms with Gasteiger partial charge in [0.2, 0.25) is 6.79 Å². The van der Waals surface area contributed by atoms with E-state index in [0.29, 0.717) is 22.7 Å². The molecule has 1 heterocycles. The number of anilines is 1. The quantitative estimate of drug-likeness (QED) is 0.895. The van der Waals surface area contributed by atoms with E-state index in [1.54, 1.807) is 18.2 Å². The highest BCUT2D eigenvalue weighted by Crippen LogP contribution is 2.34. The highest BCUT2D eigenvalue weighted by molar-refractivity contribution is 6.04. The summed E-state index contributed by atoms with van der Waals surface area (Å²) >= 11 is 0. The van der Waals surface area contributed by atoms with Crippen molar-refractivity contribution in [2.75, 3.05) is 26.2 Å². The number of amides is 1. The number of quaternary nitrogens is 1. The van der Waals surface area contributed by atoms with Crippen molar-refractivity contribution in [3.8, 4) is 11.5 Å². The van der Waals surface area contributed by atoms with Gasteiger partial charge >= 0.3 is 0 Å². The zero-order valence-electron chi connectivity index (χ0n) is 12.7. The molecule has 0 unspecified atom stereocenters. The Bertz CT molecular complexity index is 681. The largest absolute Gasteiger partial charge is 0.454 e. The van der Waals surface area contributed by atoms with E-state index in [9.17, 15) is 4.79 Å². The van der Waals surface area contributed by atoms with E-state index in [2.05, 4.69) is 19.4 Å². The maximum Gasteiger partial charge on any atom is 0.255 e. The van der Waals surface area contributed by atoms with Crippen LogP contribution < -0.4 is 19.7 Å². The minimum Gasteiger partial charge on any atom is -0.454 e. The summed E-state index contributed by atoms with van der Waals surface area (Å²) < 4.78 is 10.6. The van der Waals surface area contributed by atoms with Gasteiger partial charge in [-0.15, -0.1) is 0 Å². The van der Waals surface area contributed by atoms with Crippen LogP contribution in [0.25, 0.3) is 0 Å². The summed E-state index contributed by atoms with van der Waals surface area (Å²) in [4.78, 5) is 13.6. The van der Waals surface area contributed by atoms with Gasteiger partial charge in [0.05, 0.1) is 14.1 Å². The molecule has 0 fully saturated rings. The standard InChI is InChI=1S/C17H18N2O3/c1-19(2)10-12-3-5-13(6-4-12)17(20)18-14-7-8-15-16(9-14)22-11-21-15/h3-9H,10-11H2,1-2H3,(H,18,20)/p+1. The van der Waals surface area contributed by atoms with Crippen LogP contribution in [-0.4, -0.2) is 26.8 Å². The average molecular weight is 299 g/mol. The molecule has 1 amide bonds. The maximum atomic E-state index is 12.3. The predicted molar refractivity (Wildman–Crippen MR) is 83.5 cm³/mol. The van der Waals surface area contributed by atoms with Gasteiger partial charge in [-0.25, -0.2) is 0 Å². The first-order chi connectivity index (χ1) is 10.6. The summed E-state index contributed by atoms with van der Waals surface area (Å²) in [5, 5.41) is 2.87. The molecule has 0 saturated heterocycles. The Hall–Kier alpha value is -2.53. The maximum absolute atomic E-state index is 12.3. The zero-order chi connectivity index (χ0) is 15.5. The molecule has 1 aliphatic rings. The van der Waals surface area contributed by atoms with Crippen molar-refractivity contribution >= 4 is 11.6 Å². The van der Waals surface area contributed by atoms with E-state index in [0.717, 1.165) is 6.54 Å². The highest BCUT2D eigenvalue weighted by atomic mass is 16.7. The first-order valence-electron chi connectivity index (χ1n) is 7.21. The second-order valence-electron chi connectivity index (χ2n) is 5.60. The third-order valence-electron chi connectivity index (χ3n) is 3.40. The summed E-state index contributed by atoms with van der Waals surface area (Å²) in [5.41, 5.74) is 2.53. The lowest BCUT2D eigenvalue weighted by Gasteiger charge is -2.09. The number of fused-ring (bicyclic) bond motifs is 1. The van der Waals surface area contributed by atoms with Crippen LogP contribution in [0.1, 0.15) is 15.9 Å². The van der Waals surface area contributed by atoms with E-state index >= 15 is 0 Å². The van der Waals surface area contributed by atoms with Gasteiger partial charge in [-0.05, 0) is 24.3 Å². The molecule has 2 N–H and O–H groups in total. The van der Waals surface area contributed by atoms with Gasteiger partial charge in [0.25, 0.3) is 5.91 Å². The Morgan fingerprint density at radius 1 is 1.09 bits per heavy atom. The molecule has 0 atom stereocenters. The molecular formula is C17H19N2O3+. The van der Waals surface area contributed by atoms with E-state index in [4.69, 9.17) is 9.47 Å². The predicted octanol–water partition coefficient (Wildman–Crippen LogP) is 1.31. The minimum atomic E-state index is -0.136. The van der Waals surface area contributed by atoms with Crippen molar-refractivity contribution in [3.05, 3.63) is 53.6 Å². The first kappa shape index (κ1) is 14.4.